The molecule has 72 valence electrons. The van der Waals surface area contributed by atoms with Crippen LogP contribution in [0.25, 0.3) is 0 Å². The van der Waals surface area contributed by atoms with Crippen LogP contribution < -0.4 is 0 Å². The smallest absolute Gasteiger partial charge is 0.0130 e. The molecule has 1 aliphatic heterocycles. The summed E-state index contributed by atoms with van der Waals surface area (Å²) in [5.41, 5.74) is 0.358. The zero-order valence-electron chi connectivity index (χ0n) is 9.22. The molecule has 0 bridgehead atoms. The maximum absolute atomic E-state index is 2.69. The summed E-state index contributed by atoms with van der Waals surface area (Å²) in [6.07, 6.45) is 4.09. The van der Waals surface area contributed by atoms with Gasteiger partial charge in [-0.3, -0.25) is 4.90 Å². The van der Waals surface area contributed by atoms with Crippen LogP contribution in [-0.4, -0.2) is 22.5 Å². The van der Waals surface area contributed by atoms with E-state index in [9.17, 15) is 0 Å². The molecular formula is C11H23N. The zero-order valence-corrected chi connectivity index (χ0v) is 9.22. The van der Waals surface area contributed by atoms with Gasteiger partial charge in [0.2, 0.25) is 0 Å². The van der Waals surface area contributed by atoms with Crippen molar-refractivity contribution in [2.75, 3.05) is 0 Å². The summed E-state index contributed by atoms with van der Waals surface area (Å²) in [6, 6.07) is 1.62. The minimum Gasteiger partial charge on any atom is -0.293 e. The third kappa shape index (κ3) is 1.82. The number of hydrogen-bond acceptors (Lipinski definition) is 1. The highest BCUT2D eigenvalue weighted by Gasteiger charge is 2.36. The highest BCUT2D eigenvalue weighted by molar-refractivity contribution is 4.91. The fraction of sp³-hybridized carbons (Fsp3) is 1.00. The van der Waals surface area contributed by atoms with Gasteiger partial charge in [0.1, 0.15) is 0 Å². The Morgan fingerprint density at radius 1 is 1.25 bits per heavy atom. The average Bonchev–Trinajstić information content (AvgIpc) is 2.29. The molecule has 2 atom stereocenters. The van der Waals surface area contributed by atoms with E-state index in [2.05, 4.69) is 39.5 Å². The van der Waals surface area contributed by atoms with Gasteiger partial charge in [-0.2, -0.15) is 0 Å². The zero-order chi connectivity index (χ0) is 9.35. The van der Waals surface area contributed by atoms with E-state index >= 15 is 0 Å². The first-order valence-electron chi connectivity index (χ1n) is 5.25. The molecular weight excluding hydrogens is 146 g/mol. The van der Waals surface area contributed by atoms with Crippen molar-refractivity contribution < 1.29 is 0 Å². The molecule has 0 spiro atoms. The van der Waals surface area contributed by atoms with E-state index in [0.29, 0.717) is 5.54 Å². The van der Waals surface area contributed by atoms with Gasteiger partial charge in [0, 0.05) is 17.6 Å². The Hall–Kier alpha value is -0.0400. The van der Waals surface area contributed by atoms with Gasteiger partial charge < -0.3 is 0 Å². The lowest BCUT2D eigenvalue weighted by molar-refractivity contribution is 0.0815. The number of nitrogens with zero attached hydrogens (tertiary/aromatic N) is 1. The van der Waals surface area contributed by atoms with Crippen molar-refractivity contribution >= 4 is 0 Å². The highest BCUT2D eigenvalue weighted by atomic mass is 15.3. The Balaban J connectivity index is 2.70. The predicted molar refractivity (Wildman–Crippen MR) is 54.4 cm³/mol. The molecule has 12 heavy (non-hydrogen) atoms. The van der Waals surface area contributed by atoms with Gasteiger partial charge in [0.25, 0.3) is 0 Å². The van der Waals surface area contributed by atoms with Crippen LogP contribution in [0.1, 0.15) is 53.9 Å². The second-order valence-corrected chi connectivity index (χ2v) is 5.07. The molecule has 0 radical (unpaired) electrons. The first kappa shape index (κ1) is 10.0. The van der Waals surface area contributed by atoms with Gasteiger partial charge in [-0.15, -0.1) is 0 Å². The summed E-state index contributed by atoms with van der Waals surface area (Å²) in [4.78, 5) is 2.69. The molecule has 1 nitrogen and oxygen atoms in total. The quantitative estimate of drug-likeness (QED) is 0.583. The van der Waals surface area contributed by atoms with Crippen LogP contribution in [0.3, 0.4) is 0 Å². The van der Waals surface area contributed by atoms with Crippen LogP contribution in [0, 0.1) is 0 Å². The summed E-state index contributed by atoms with van der Waals surface area (Å²) in [6.45, 7) is 11.7. The molecule has 0 N–H and O–H groups in total. The third-order valence-corrected chi connectivity index (χ3v) is 3.03. The Morgan fingerprint density at radius 3 is 2.17 bits per heavy atom. The third-order valence-electron chi connectivity index (χ3n) is 3.03. The molecule has 1 rings (SSSR count). The monoisotopic (exact) mass is 169 g/mol. The molecule has 0 aromatic rings. The van der Waals surface area contributed by atoms with Crippen molar-refractivity contribution in [1.82, 2.24) is 4.90 Å². The van der Waals surface area contributed by atoms with Crippen molar-refractivity contribution in [3.8, 4) is 0 Å². The molecule has 0 saturated carbocycles. The molecule has 1 aliphatic rings. The van der Waals surface area contributed by atoms with Gasteiger partial charge in [0.15, 0.2) is 0 Å². The van der Waals surface area contributed by atoms with Crippen molar-refractivity contribution in [3.63, 3.8) is 0 Å². The van der Waals surface area contributed by atoms with E-state index in [4.69, 9.17) is 0 Å². The normalized spacial score (nSPS) is 32.8. The minimum atomic E-state index is 0.358. The summed E-state index contributed by atoms with van der Waals surface area (Å²) < 4.78 is 0. The Bertz CT molecular complexity index is 146. The fourth-order valence-corrected chi connectivity index (χ4v) is 2.68. The SMILES string of the molecule is CCC1CCC(C)N1C(C)(C)C. The van der Waals surface area contributed by atoms with Crippen LogP contribution >= 0.6 is 0 Å². The van der Waals surface area contributed by atoms with Crippen molar-refractivity contribution in [3.05, 3.63) is 0 Å². The van der Waals surface area contributed by atoms with Gasteiger partial charge in [-0.05, 0) is 47.0 Å². The molecule has 1 heteroatoms. The second kappa shape index (κ2) is 3.37. The topological polar surface area (TPSA) is 3.24 Å². The largest absolute Gasteiger partial charge is 0.293 e. The van der Waals surface area contributed by atoms with Crippen molar-refractivity contribution in [1.29, 1.82) is 0 Å². The lowest BCUT2D eigenvalue weighted by atomic mass is 10.0. The van der Waals surface area contributed by atoms with E-state index in [1.165, 1.54) is 19.3 Å². The molecule has 1 saturated heterocycles. The van der Waals surface area contributed by atoms with Gasteiger partial charge in [-0.1, -0.05) is 6.92 Å². The van der Waals surface area contributed by atoms with Crippen molar-refractivity contribution in [2.45, 2.75) is 71.5 Å². The predicted octanol–water partition coefficient (Wildman–Crippen LogP) is 3.05. The highest BCUT2D eigenvalue weighted by Crippen LogP contribution is 2.32. The van der Waals surface area contributed by atoms with Crippen LogP contribution in [0.15, 0.2) is 0 Å². The number of rotatable bonds is 1. The Kier molecular flexibility index (Phi) is 2.82. The van der Waals surface area contributed by atoms with E-state index in [-0.39, 0.29) is 0 Å². The number of hydrogen-bond donors (Lipinski definition) is 0. The van der Waals surface area contributed by atoms with E-state index in [1.54, 1.807) is 0 Å². The molecule has 1 heterocycles. The summed E-state index contributed by atoms with van der Waals surface area (Å²) >= 11 is 0. The standard InChI is InChI=1S/C11H23N/c1-6-10-8-7-9(2)12(10)11(3,4)5/h9-10H,6-8H2,1-5H3. The molecule has 0 amide bonds. The van der Waals surface area contributed by atoms with E-state index in [0.717, 1.165) is 12.1 Å². The minimum absolute atomic E-state index is 0.358. The summed E-state index contributed by atoms with van der Waals surface area (Å²) in [5, 5.41) is 0. The maximum Gasteiger partial charge on any atom is 0.0130 e. The summed E-state index contributed by atoms with van der Waals surface area (Å²) in [7, 11) is 0. The van der Waals surface area contributed by atoms with Gasteiger partial charge >= 0.3 is 0 Å². The fourth-order valence-electron chi connectivity index (χ4n) is 2.68. The number of likely N-dealkylation sites (tertiary alicyclic amines) is 1. The first-order chi connectivity index (χ1) is 5.46. The lowest BCUT2D eigenvalue weighted by Crippen LogP contribution is -2.47. The lowest BCUT2D eigenvalue weighted by Gasteiger charge is -2.40. The molecule has 1 fully saturated rings. The van der Waals surface area contributed by atoms with E-state index < -0.39 is 0 Å². The Labute approximate surface area is 77.1 Å². The van der Waals surface area contributed by atoms with Crippen LogP contribution in [0.2, 0.25) is 0 Å². The maximum atomic E-state index is 2.69. The molecule has 0 aliphatic carbocycles. The van der Waals surface area contributed by atoms with Gasteiger partial charge in [0.05, 0.1) is 0 Å². The summed E-state index contributed by atoms with van der Waals surface area (Å²) in [5.74, 6) is 0. The van der Waals surface area contributed by atoms with E-state index in [1.807, 2.05) is 0 Å². The molecule has 0 aromatic heterocycles. The van der Waals surface area contributed by atoms with Crippen LogP contribution in [0.5, 0.6) is 0 Å². The van der Waals surface area contributed by atoms with Gasteiger partial charge in [-0.25, -0.2) is 0 Å². The van der Waals surface area contributed by atoms with Crippen molar-refractivity contribution in [2.24, 2.45) is 0 Å². The van der Waals surface area contributed by atoms with Crippen LogP contribution in [0.4, 0.5) is 0 Å². The first-order valence-corrected chi connectivity index (χ1v) is 5.25. The van der Waals surface area contributed by atoms with Crippen LogP contribution in [-0.2, 0) is 0 Å². The molecule has 2 unspecified atom stereocenters. The second-order valence-electron chi connectivity index (χ2n) is 5.07. The Morgan fingerprint density at radius 2 is 1.83 bits per heavy atom. The average molecular weight is 169 g/mol. The molecule has 0 aromatic carbocycles.